The van der Waals surface area contributed by atoms with Crippen LogP contribution in [0.2, 0.25) is 0 Å². The second-order valence-corrected chi connectivity index (χ2v) is 7.67. The molecule has 0 amide bonds. The fourth-order valence-corrected chi connectivity index (χ4v) is 3.72. The van der Waals surface area contributed by atoms with Crippen LogP contribution in [0, 0.1) is 6.92 Å². The summed E-state index contributed by atoms with van der Waals surface area (Å²) in [6.45, 7) is 9.64. The van der Waals surface area contributed by atoms with E-state index in [-0.39, 0.29) is 0 Å². The van der Waals surface area contributed by atoms with E-state index in [1.165, 1.54) is 0 Å². The summed E-state index contributed by atoms with van der Waals surface area (Å²) in [5.74, 6) is 4.51. The molecular weight excluding hydrogens is 330 g/mol. The van der Waals surface area contributed by atoms with Gasteiger partial charge in [0.05, 0.1) is 12.3 Å². The van der Waals surface area contributed by atoms with Crippen LogP contribution in [-0.2, 0) is 4.74 Å². The van der Waals surface area contributed by atoms with Gasteiger partial charge in [0.15, 0.2) is 5.82 Å². The number of hydrogen-bond acceptors (Lipinski definition) is 7. The zero-order chi connectivity index (χ0) is 18.1. The first-order valence-electron chi connectivity index (χ1n) is 9.62. The molecule has 1 atom stereocenters. The van der Waals surface area contributed by atoms with Crippen LogP contribution < -0.4 is 4.90 Å². The molecule has 0 aromatic carbocycles. The number of aryl methyl sites for hydroxylation is 1. The van der Waals surface area contributed by atoms with E-state index in [1.54, 1.807) is 0 Å². The topological polar surface area (TPSA) is 77.2 Å². The smallest absolute Gasteiger partial charge is 0.229 e. The van der Waals surface area contributed by atoms with Crippen molar-refractivity contribution in [3.05, 3.63) is 29.3 Å². The summed E-state index contributed by atoms with van der Waals surface area (Å²) in [5, 5.41) is 4.10. The quantitative estimate of drug-likeness (QED) is 0.831. The van der Waals surface area contributed by atoms with Crippen LogP contribution in [0.25, 0.3) is 0 Å². The largest absolute Gasteiger partial charge is 0.381 e. The Balaban J connectivity index is 1.44. The van der Waals surface area contributed by atoms with Crippen LogP contribution in [0.15, 0.2) is 10.6 Å². The molecule has 7 nitrogen and oxygen atoms in total. The van der Waals surface area contributed by atoms with Gasteiger partial charge in [0.2, 0.25) is 5.89 Å². The Morgan fingerprint density at radius 1 is 1.08 bits per heavy atom. The van der Waals surface area contributed by atoms with E-state index in [1.807, 2.05) is 6.92 Å². The lowest BCUT2D eigenvalue weighted by atomic mass is 9.96. The molecule has 140 valence electrons. The molecular formula is C19H27N5O2. The van der Waals surface area contributed by atoms with Crippen LogP contribution in [0.1, 0.15) is 74.1 Å². The van der Waals surface area contributed by atoms with Crippen molar-refractivity contribution in [1.82, 2.24) is 20.1 Å². The number of hydrogen-bond donors (Lipinski definition) is 0. The lowest BCUT2D eigenvalue weighted by Crippen LogP contribution is -2.34. The Morgan fingerprint density at radius 2 is 1.88 bits per heavy atom. The van der Waals surface area contributed by atoms with E-state index in [0.29, 0.717) is 17.8 Å². The van der Waals surface area contributed by atoms with Gasteiger partial charge in [0.1, 0.15) is 11.6 Å². The maximum Gasteiger partial charge on any atom is 0.229 e. The molecule has 2 aromatic heterocycles. The zero-order valence-corrected chi connectivity index (χ0v) is 15.8. The predicted molar refractivity (Wildman–Crippen MR) is 97.5 cm³/mol. The van der Waals surface area contributed by atoms with Crippen LogP contribution in [0.3, 0.4) is 0 Å². The minimum absolute atomic E-state index is 0.301. The van der Waals surface area contributed by atoms with Crippen molar-refractivity contribution in [1.29, 1.82) is 0 Å². The number of piperidine rings is 1. The Bertz CT molecular complexity index is 746. The summed E-state index contributed by atoms with van der Waals surface area (Å²) in [7, 11) is 0. The van der Waals surface area contributed by atoms with Gasteiger partial charge in [-0.15, -0.1) is 0 Å². The van der Waals surface area contributed by atoms with Crippen molar-refractivity contribution in [2.75, 3.05) is 31.2 Å². The van der Waals surface area contributed by atoms with Crippen LogP contribution in [-0.4, -0.2) is 46.4 Å². The third kappa shape index (κ3) is 3.58. The maximum absolute atomic E-state index is 5.52. The van der Waals surface area contributed by atoms with Crippen LogP contribution >= 0.6 is 0 Å². The summed E-state index contributed by atoms with van der Waals surface area (Å²) in [6.07, 6.45) is 3.06. The fraction of sp³-hybridized carbons (Fsp3) is 0.684. The SMILES string of the molecule is Cc1nc([C@@H]2CCOC2)cc(N2CCC(c3nc(C(C)C)no3)CC2)n1. The van der Waals surface area contributed by atoms with Gasteiger partial charge in [-0.3, -0.25) is 0 Å². The normalized spacial score (nSPS) is 21.7. The molecule has 0 saturated carbocycles. The minimum atomic E-state index is 0.301. The highest BCUT2D eigenvalue weighted by Crippen LogP contribution is 2.31. The standard InChI is InChI=1S/C19H27N5O2/c1-12(2)18-22-19(26-23-18)14-4-7-24(8-5-14)17-10-16(20-13(3)21-17)15-6-9-25-11-15/h10,12,14-15H,4-9,11H2,1-3H3/t15-/m1/s1. The maximum atomic E-state index is 5.52. The van der Waals surface area contributed by atoms with Crippen molar-refractivity contribution in [2.24, 2.45) is 0 Å². The molecule has 0 aliphatic carbocycles. The first-order valence-corrected chi connectivity index (χ1v) is 9.62. The van der Waals surface area contributed by atoms with Gasteiger partial charge in [-0.2, -0.15) is 4.98 Å². The summed E-state index contributed by atoms with van der Waals surface area (Å²) in [4.78, 5) is 16.2. The molecule has 4 rings (SSSR count). The average Bonchev–Trinajstić information content (AvgIpc) is 3.33. The lowest BCUT2D eigenvalue weighted by molar-refractivity contribution is 0.193. The van der Waals surface area contributed by atoms with E-state index < -0.39 is 0 Å². The molecule has 0 radical (unpaired) electrons. The third-order valence-corrected chi connectivity index (χ3v) is 5.33. The van der Waals surface area contributed by atoms with Crippen molar-refractivity contribution < 1.29 is 9.26 Å². The number of nitrogens with zero attached hydrogens (tertiary/aromatic N) is 5. The molecule has 2 aliphatic heterocycles. The highest BCUT2D eigenvalue weighted by Gasteiger charge is 2.27. The van der Waals surface area contributed by atoms with Gasteiger partial charge in [0.25, 0.3) is 0 Å². The summed E-state index contributed by atoms with van der Waals surface area (Å²) < 4.78 is 11.0. The predicted octanol–water partition coefficient (Wildman–Crippen LogP) is 3.18. The molecule has 0 spiro atoms. The molecule has 0 bridgehead atoms. The molecule has 7 heteroatoms. The van der Waals surface area contributed by atoms with E-state index in [2.05, 4.69) is 44.9 Å². The number of aromatic nitrogens is 4. The summed E-state index contributed by atoms with van der Waals surface area (Å²) >= 11 is 0. The van der Waals surface area contributed by atoms with E-state index in [9.17, 15) is 0 Å². The molecule has 4 heterocycles. The first kappa shape index (κ1) is 17.4. The molecule has 2 aliphatic rings. The fourth-order valence-electron chi connectivity index (χ4n) is 3.72. The Kier molecular flexibility index (Phi) is 4.89. The lowest BCUT2D eigenvalue weighted by Gasteiger charge is -2.31. The highest BCUT2D eigenvalue weighted by molar-refractivity contribution is 5.41. The summed E-state index contributed by atoms with van der Waals surface area (Å²) in [5.41, 5.74) is 1.12. The summed E-state index contributed by atoms with van der Waals surface area (Å²) in [6, 6.07) is 2.15. The Hall–Kier alpha value is -2.02. The van der Waals surface area contributed by atoms with Crippen LogP contribution in [0.5, 0.6) is 0 Å². The highest BCUT2D eigenvalue weighted by atomic mass is 16.5. The Morgan fingerprint density at radius 3 is 2.54 bits per heavy atom. The molecule has 2 fully saturated rings. The van der Waals surface area contributed by atoms with Gasteiger partial charge in [-0.1, -0.05) is 19.0 Å². The number of anilines is 1. The van der Waals surface area contributed by atoms with Gasteiger partial charge < -0.3 is 14.2 Å². The van der Waals surface area contributed by atoms with E-state index in [0.717, 1.165) is 74.6 Å². The average molecular weight is 357 g/mol. The Labute approximate surface area is 154 Å². The van der Waals surface area contributed by atoms with E-state index >= 15 is 0 Å². The zero-order valence-electron chi connectivity index (χ0n) is 15.8. The minimum Gasteiger partial charge on any atom is -0.381 e. The van der Waals surface area contributed by atoms with Gasteiger partial charge in [0, 0.05) is 43.5 Å². The van der Waals surface area contributed by atoms with Gasteiger partial charge in [-0.25, -0.2) is 9.97 Å². The van der Waals surface area contributed by atoms with Crippen molar-refractivity contribution >= 4 is 5.82 Å². The molecule has 0 N–H and O–H groups in total. The molecule has 26 heavy (non-hydrogen) atoms. The van der Waals surface area contributed by atoms with Crippen molar-refractivity contribution in [3.63, 3.8) is 0 Å². The molecule has 2 aromatic rings. The van der Waals surface area contributed by atoms with Gasteiger partial charge in [-0.05, 0) is 26.2 Å². The third-order valence-electron chi connectivity index (χ3n) is 5.33. The number of rotatable bonds is 4. The second kappa shape index (κ2) is 7.31. The van der Waals surface area contributed by atoms with Gasteiger partial charge >= 0.3 is 0 Å². The molecule has 0 unspecified atom stereocenters. The van der Waals surface area contributed by atoms with Crippen molar-refractivity contribution in [2.45, 2.75) is 57.8 Å². The molecule has 2 saturated heterocycles. The second-order valence-electron chi connectivity index (χ2n) is 7.67. The first-order chi connectivity index (χ1) is 12.6. The van der Waals surface area contributed by atoms with E-state index in [4.69, 9.17) is 9.26 Å². The van der Waals surface area contributed by atoms with Crippen molar-refractivity contribution in [3.8, 4) is 0 Å². The van der Waals surface area contributed by atoms with Crippen LogP contribution in [0.4, 0.5) is 5.82 Å². The monoisotopic (exact) mass is 357 g/mol. The number of ether oxygens (including phenoxy) is 1.